The van der Waals surface area contributed by atoms with E-state index in [1.165, 1.54) is 17.0 Å². The fraction of sp³-hybridized carbons (Fsp3) is 0.0357. The van der Waals surface area contributed by atoms with Crippen molar-refractivity contribution in [3.05, 3.63) is 109 Å². The summed E-state index contributed by atoms with van der Waals surface area (Å²) in [6.45, 7) is 0. The summed E-state index contributed by atoms with van der Waals surface area (Å²) >= 11 is 2.27. The summed E-state index contributed by atoms with van der Waals surface area (Å²) in [7, 11) is 1.68. The fourth-order valence-electron chi connectivity index (χ4n) is 3.87. The highest BCUT2D eigenvalue weighted by Crippen LogP contribution is 2.33. The molecular formula is C28H17F3INS. The van der Waals surface area contributed by atoms with Crippen molar-refractivity contribution in [3.8, 4) is 33.5 Å². The molecule has 0 N–H and O–H groups in total. The minimum Gasteiger partial charge on any atom is -0.256 e. The van der Waals surface area contributed by atoms with Crippen LogP contribution in [0.4, 0.5) is 13.2 Å². The molecule has 0 aliphatic heterocycles. The van der Waals surface area contributed by atoms with Gasteiger partial charge in [0, 0.05) is 43.4 Å². The molecule has 0 atom stereocenters. The van der Waals surface area contributed by atoms with Crippen molar-refractivity contribution < 1.29 is 13.2 Å². The van der Waals surface area contributed by atoms with Gasteiger partial charge in [0.1, 0.15) is 0 Å². The number of aromatic nitrogens is 1. The van der Waals surface area contributed by atoms with E-state index in [-0.39, 0.29) is 0 Å². The Morgan fingerprint density at radius 2 is 1.15 bits per heavy atom. The quantitative estimate of drug-likeness (QED) is 0.196. The molecular weight excluding hydrogens is 566 g/mol. The zero-order valence-electron chi connectivity index (χ0n) is 17.7. The van der Waals surface area contributed by atoms with Crippen molar-refractivity contribution in [2.75, 3.05) is 0 Å². The van der Waals surface area contributed by atoms with Gasteiger partial charge in [-0.2, -0.15) is 13.2 Å². The van der Waals surface area contributed by atoms with E-state index < -0.39 is 11.7 Å². The average molecular weight is 583 g/mol. The molecule has 0 unspecified atom stereocenters. The van der Waals surface area contributed by atoms with Crippen LogP contribution in [0.15, 0.2) is 108 Å². The van der Waals surface area contributed by atoms with E-state index in [1.807, 2.05) is 30.5 Å². The molecule has 4 aromatic carbocycles. The standard InChI is InChI=1S/C28H17F3INS/c29-28(30,31)25-10-5-18(6-11-25)21-3-1-19-2-4-22(16-24(19)15-21)23-9-14-27(33-17-23)20-7-12-26(34-32)13-8-20/h1-17H. The smallest absolute Gasteiger partial charge is 0.256 e. The highest BCUT2D eigenvalue weighted by Gasteiger charge is 2.29. The normalized spacial score (nSPS) is 11.6. The maximum Gasteiger partial charge on any atom is 0.416 e. The van der Waals surface area contributed by atoms with Gasteiger partial charge in [-0.15, -0.1) is 0 Å². The molecule has 0 aliphatic carbocycles. The molecule has 0 bridgehead atoms. The molecule has 6 heteroatoms. The summed E-state index contributed by atoms with van der Waals surface area (Å²) in [6, 6.07) is 29.8. The van der Waals surface area contributed by atoms with Crippen LogP contribution < -0.4 is 0 Å². The predicted octanol–water partition coefficient (Wildman–Crippen LogP) is 9.70. The number of hydrogen-bond donors (Lipinski definition) is 0. The lowest BCUT2D eigenvalue weighted by atomic mass is 9.97. The third kappa shape index (κ3) is 4.83. The second-order valence-corrected chi connectivity index (χ2v) is 9.83. The Balaban J connectivity index is 1.44. The Bertz CT molecular complexity index is 1450. The number of halogens is 4. The van der Waals surface area contributed by atoms with Crippen molar-refractivity contribution in [3.63, 3.8) is 0 Å². The summed E-state index contributed by atoms with van der Waals surface area (Å²) in [5.41, 5.74) is 5.01. The van der Waals surface area contributed by atoms with Crippen molar-refractivity contribution in [1.29, 1.82) is 0 Å². The van der Waals surface area contributed by atoms with Crippen LogP contribution in [0.5, 0.6) is 0 Å². The van der Waals surface area contributed by atoms with Crippen molar-refractivity contribution >= 4 is 40.9 Å². The first kappa shape index (κ1) is 22.9. The molecule has 0 radical (unpaired) electrons. The van der Waals surface area contributed by atoms with Gasteiger partial charge in [-0.05, 0) is 69.9 Å². The lowest BCUT2D eigenvalue weighted by Crippen LogP contribution is -2.03. The number of hydrogen-bond acceptors (Lipinski definition) is 2. The lowest BCUT2D eigenvalue weighted by molar-refractivity contribution is -0.137. The van der Waals surface area contributed by atoms with Gasteiger partial charge in [0.25, 0.3) is 0 Å². The molecule has 5 aromatic rings. The maximum absolute atomic E-state index is 12.9. The molecule has 0 spiro atoms. The molecule has 5 rings (SSSR count). The molecule has 0 saturated heterocycles. The minimum atomic E-state index is -4.34. The molecule has 1 aromatic heterocycles. The molecule has 34 heavy (non-hydrogen) atoms. The van der Waals surface area contributed by atoms with Gasteiger partial charge in [-0.25, -0.2) is 0 Å². The highest BCUT2D eigenvalue weighted by atomic mass is 127. The van der Waals surface area contributed by atoms with Gasteiger partial charge >= 0.3 is 6.18 Å². The van der Waals surface area contributed by atoms with Crippen LogP contribution in [0.25, 0.3) is 44.3 Å². The first-order chi connectivity index (χ1) is 16.4. The van der Waals surface area contributed by atoms with E-state index in [0.717, 1.165) is 56.4 Å². The van der Waals surface area contributed by atoms with Gasteiger partial charge in [-0.3, -0.25) is 4.98 Å². The fourth-order valence-corrected chi connectivity index (χ4v) is 4.99. The molecule has 1 heterocycles. The largest absolute Gasteiger partial charge is 0.416 e. The van der Waals surface area contributed by atoms with Crippen LogP contribution >= 0.6 is 30.1 Å². The first-order valence-electron chi connectivity index (χ1n) is 10.5. The van der Waals surface area contributed by atoms with Crippen LogP contribution in [0.1, 0.15) is 5.56 Å². The van der Waals surface area contributed by atoms with Crippen molar-refractivity contribution in [2.24, 2.45) is 0 Å². The number of nitrogens with zero attached hydrogens (tertiary/aromatic N) is 1. The number of fused-ring (bicyclic) bond motifs is 1. The van der Waals surface area contributed by atoms with Crippen LogP contribution in [0.2, 0.25) is 0 Å². The average Bonchev–Trinajstić information content (AvgIpc) is 2.88. The SMILES string of the molecule is FC(F)(F)c1ccc(-c2ccc3ccc(-c4ccc(-c5ccc(SI)cc5)nc4)cc3c2)cc1. The van der Waals surface area contributed by atoms with Gasteiger partial charge < -0.3 is 0 Å². The summed E-state index contributed by atoms with van der Waals surface area (Å²) in [5, 5.41) is 2.09. The summed E-state index contributed by atoms with van der Waals surface area (Å²) in [4.78, 5) is 5.86. The van der Waals surface area contributed by atoms with Gasteiger partial charge in [0.15, 0.2) is 0 Å². The Morgan fingerprint density at radius 3 is 1.71 bits per heavy atom. The predicted molar refractivity (Wildman–Crippen MR) is 143 cm³/mol. The monoisotopic (exact) mass is 583 g/mol. The van der Waals surface area contributed by atoms with Gasteiger partial charge in [-0.1, -0.05) is 63.5 Å². The highest BCUT2D eigenvalue weighted by molar-refractivity contribution is 14.2. The number of alkyl halides is 3. The molecule has 1 nitrogen and oxygen atoms in total. The second-order valence-electron chi connectivity index (χ2n) is 7.89. The minimum absolute atomic E-state index is 0.643. The Labute approximate surface area is 211 Å². The molecule has 168 valence electrons. The molecule has 0 aliphatic rings. The molecule has 0 saturated carbocycles. The van der Waals surface area contributed by atoms with E-state index in [9.17, 15) is 13.2 Å². The maximum atomic E-state index is 12.9. The van der Waals surface area contributed by atoms with Crippen molar-refractivity contribution in [1.82, 2.24) is 4.98 Å². The topological polar surface area (TPSA) is 12.9 Å². The lowest BCUT2D eigenvalue weighted by Gasteiger charge is -2.10. The van der Waals surface area contributed by atoms with Gasteiger partial charge in [0.2, 0.25) is 0 Å². The zero-order chi connectivity index (χ0) is 23.7. The van der Waals surface area contributed by atoms with E-state index in [0.29, 0.717) is 0 Å². The van der Waals surface area contributed by atoms with E-state index in [2.05, 4.69) is 74.7 Å². The van der Waals surface area contributed by atoms with Crippen LogP contribution in [0.3, 0.4) is 0 Å². The summed E-state index contributed by atoms with van der Waals surface area (Å²) in [5.74, 6) is 0. The second kappa shape index (κ2) is 9.43. The van der Waals surface area contributed by atoms with E-state index in [4.69, 9.17) is 0 Å². The van der Waals surface area contributed by atoms with Crippen LogP contribution in [0, 0.1) is 0 Å². The van der Waals surface area contributed by atoms with E-state index >= 15 is 0 Å². The zero-order valence-corrected chi connectivity index (χ0v) is 20.7. The molecule has 0 amide bonds. The Morgan fingerprint density at radius 1 is 0.588 bits per heavy atom. The van der Waals surface area contributed by atoms with Gasteiger partial charge in [0.05, 0.1) is 11.3 Å². The number of rotatable bonds is 4. The molecule has 0 fully saturated rings. The van der Waals surface area contributed by atoms with Crippen LogP contribution in [-0.2, 0) is 6.18 Å². The first-order valence-corrected chi connectivity index (χ1v) is 13.8. The summed E-state index contributed by atoms with van der Waals surface area (Å²) < 4.78 is 38.6. The Hall–Kier alpha value is -2.84. The van der Waals surface area contributed by atoms with Crippen molar-refractivity contribution in [2.45, 2.75) is 11.1 Å². The third-order valence-electron chi connectivity index (χ3n) is 5.72. The summed E-state index contributed by atoms with van der Waals surface area (Å²) in [6.07, 6.45) is -2.46. The number of pyridine rings is 1. The van der Waals surface area contributed by atoms with E-state index in [1.54, 1.807) is 8.93 Å². The van der Waals surface area contributed by atoms with Crippen LogP contribution in [-0.4, -0.2) is 4.98 Å². The Kier molecular flexibility index (Phi) is 6.36. The third-order valence-corrected chi connectivity index (χ3v) is 7.70. The number of benzene rings is 4.